The molecule has 0 aliphatic carbocycles. The van der Waals surface area contributed by atoms with Gasteiger partial charge in [0, 0.05) is 24.4 Å². The molecule has 0 fully saturated rings. The van der Waals surface area contributed by atoms with E-state index in [0.717, 1.165) is 0 Å². The summed E-state index contributed by atoms with van der Waals surface area (Å²) in [5.74, 6) is 1.65. The van der Waals surface area contributed by atoms with Gasteiger partial charge in [-0.25, -0.2) is 14.4 Å². The molecule has 9 nitrogen and oxygen atoms in total. The average Bonchev–Trinajstić information content (AvgIpc) is 2.95. The summed E-state index contributed by atoms with van der Waals surface area (Å²) in [5, 5.41) is 4.00. The second kappa shape index (κ2) is 12.0. The first-order valence-electron chi connectivity index (χ1n) is 12.8. The Hall–Kier alpha value is -4.70. The molecule has 1 aliphatic heterocycles. The lowest BCUT2D eigenvalue weighted by Gasteiger charge is -2.30. The first-order valence-corrected chi connectivity index (χ1v) is 12.8. The van der Waals surface area contributed by atoms with Crippen LogP contribution in [0.25, 0.3) is 10.9 Å². The van der Waals surface area contributed by atoms with Gasteiger partial charge in [0.05, 0.1) is 30.2 Å². The number of amides is 1. The first kappa shape index (κ1) is 26.9. The minimum Gasteiger partial charge on any atom is -0.493 e. The molecule has 0 atom stereocenters. The van der Waals surface area contributed by atoms with Gasteiger partial charge >= 0.3 is 0 Å². The van der Waals surface area contributed by atoms with E-state index in [1.807, 2.05) is 43.3 Å². The van der Waals surface area contributed by atoms with Gasteiger partial charge in [0.25, 0.3) is 5.91 Å². The van der Waals surface area contributed by atoms with E-state index >= 15 is 0 Å². The summed E-state index contributed by atoms with van der Waals surface area (Å²) in [5.41, 5.74) is 2.75. The van der Waals surface area contributed by atoms with E-state index < -0.39 is 0 Å². The second-order valence-corrected chi connectivity index (χ2v) is 9.44. The number of nitrogens with zero attached hydrogens (tertiary/aromatic N) is 4. The van der Waals surface area contributed by atoms with Crippen LogP contribution in [0.3, 0.4) is 0 Å². The van der Waals surface area contributed by atoms with Crippen molar-refractivity contribution in [3.8, 4) is 17.2 Å². The molecule has 1 aromatic heterocycles. The SMILES string of the molecule is COc1cc(Nc2ncnc3ccc4c(c23)OCCN4C(=O)/C=C/CN(C)C)ccc1OCc1cccc(F)c1. The van der Waals surface area contributed by atoms with E-state index in [1.54, 1.807) is 42.4 Å². The number of likely N-dealkylation sites (N-methyl/N-ethyl adjacent to an activating group) is 1. The van der Waals surface area contributed by atoms with E-state index in [2.05, 4.69) is 15.3 Å². The fourth-order valence-corrected chi connectivity index (χ4v) is 4.40. The minimum atomic E-state index is -0.316. The monoisotopic (exact) mass is 543 g/mol. The summed E-state index contributed by atoms with van der Waals surface area (Å²) in [6.45, 7) is 1.65. The molecular weight excluding hydrogens is 513 g/mol. The number of halogens is 1. The Labute approximate surface area is 231 Å². The zero-order chi connectivity index (χ0) is 28.1. The minimum absolute atomic E-state index is 0.115. The number of nitrogens with one attached hydrogen (secondary N) is 1. The number of carbonyl (C=O) groups is 1. The quantitative estimate of drug-likeness (QED) is 0.297. The summed E-state index contributed by atoms with van der Waals surface area (Å²) in [6, 6.07) is 15.4. The average molecular weight is 544 g/mol. The number of benzene rings is 3. The maximum absolute atomic E-state index is 13.5. The number of aromatic nitrogens is 2. The van der Waals surface area contributed by atoms with Gasteiger partial charge in [-0.3, -0.25) is 4.79 Å². The smallest absolute Gasteiger partial charge is 0.250 e. The highest BCUT2D eigenvalue weighted by molar-refractivity contribution is 6.07. The van der Waals surface area contributed by atoms with Gasteiger partial charge in [0.2, 0.25) is 0 Å². The number of hydrogen-bond donors (Lipinski definition) is 1. The largest absolute Gasteiger partial charge is 0.493 e. The van der Waals surface area contributed by atoms with Crippen molar-refractivity contribution >= 4 is 34.0 Å². The van der Waals surface area contributed by atoms with Crippen LogP contribution in [0, 0.1) is 5.82 Å². The van der Waals surface area contributed by atoms with Crippen LogP contribution in [-0.4, -0.2) is 61.7 Å². The summed E-state index contributed by atoms with van der Waals surface area (Å²) in [4.78, 5) is 25.6. The van der Waals surface area contributed by atoms with Gasteiger partial charge in [-0.15, -0.1) is 0 Å². The third-order valence-corrected chi connectivity index (χ3v) is 6.29. The van der Waals surface area contributed by atoms with Gasteiger partial charge in [-0.05, 0) is 56.1 Å². The Balaban J connectivity index is 1.41. The lowest BCUT2D eigenvalue weighted by Crippen LogP contribution is -2.37. The maximum atomic E-state index is 13.5. The number of methoxy groups -OCH3 is 1. The molecule has 40 heavy (non-hydrogen) atoms. The van der Waals surface area contributed by atoms with Crippen molar-refractivity contribution in [2.45, 2.75) is 6.61 Å². The summed E-state index contributed by atoms with van der Waals surface area (Å²) >= 11 is 0. The van der Waals surface area contributed by atoms with Crippen molar-refractivity contribution in [1.82, 2.24) is 14.9 Å². The molecule has 0 bridgehead atoms. The van der Waals surface area contributed by atoms with Crippen LogP contribution in [0.2, 0.25) is 0 Å². The Morgan fingerprint density at radius 2 is 2.02 bits per heavy atom. The molecule has 1 aliphatic rings. The van der Waals surface area contributed by atoms with Gasteiger partial charge in [0.1, 0.15) is 31.2 Å². The Morgan fingerprint density at radius 1 is 1.15 bits per heavy atom. The molecule has 0 saturated carbocycles. The molecule has 0 spiro atoms. The van der Waals surface area contributed by atoms with E-state index in [0.29, 0.717) is 70.6 Å². The molecule has 1 N–H and O–H groups in total. The molecular formula is C30H30FN5O4. The zero-order valence-electron chi connectivity index (χ0n) is 22.6. The number of fused-ring (bicyclic) bond motifs is 3. The van der Waals surface area contributed by atoms with E-state index in [-0.39, 0.29) is 18.3 Å². The second-order valence-electron chi connectivity index (χ2n) is 9.44. The van der Waals surface area contributed by atoms with Crippen molar-refractivity contribution < 1.29 is 23.4 Å². The van der Waals surface area contributed by atoms with Crippen molar-refractivity contribution in [3.05, 3.63) is 84.5 Å². The predicted octanol–water partition coefficient (Wildman–Crippen LogP) is 4.94. The summed E-state index contributed by atoms with van der Waals surface area (Å²) < 4.78 is 31.0. The number of rotatable bonds is 9. The highest BCUT2D eigenvalue weighted by Crippen LogP contribution is 2.42. The lowest BCUT2D eigenvalue weighted by molar-refractivity contribution is -0.114. The molecule has 1 amide bonds. The zero-order valence-corrected chi connectivity index (χ0v) is 22.6. The summed E-state index contributed by atoms with van der Waals surface area (Å²) in [6.07, 6.45) is 4.90. The number of carbonyl (C=O) groups excluding carboxylic acids is 1. The van der Waals surface area contributed by atoms with Crippen LogP contribution < -0.4 is 24.4 Å². The van der Waals surface area contributed by atoms with Crippen molar-refractivity contribution in [1.29, 1.82) is 0 Å². The number of anilines is 3. The molecule has 0 unspecified atom stereocenters. The third-order valence-electron chi connectivity index (χ3n) is 6.29. The molecule has 0 saturated heterocycles. The van der Waals surface area contributed by atoms with Crippen molar-refractivity contribution in [3.63, 3.8) is 0 Å². The summed E-state index contributed by atoms with van der Waals surface area (Å²) in [7, 11) is 5.45. The molecule has 2 heterocycles. The van der Waals surface area contributed by atoms with Gasteiger partial charge in [-0.1, -0.05) is 18.2 Å². The first-order chi connectivity index (χ1) is 19.4. The van der Waals surface area contributed by atoms with Crippen LogP contribution in [-0.2, 0) is 11.4 Å². The highest BCUT2D eigenvalue weighted by Gasteiger charge is 2.26. The molecule has 206 valence electrons. The Morgan fingerprint density at radius 3 is 2.83 bits per heavy atom. The van der Waals surface area contributed by atoms with Gasteiger partial charge in [-0.2, -0.15) is 0 Å². The van der Waals surface area contributed by atoms with Crippen LogP contribution in [0.5, 0.6) is 17.2 Å². The van der Waals surface area contributed by atoms with E-state index in [9.17, 15) is 9.18 Å². The molecule has 5 rings (SSSR count). The number of hydrogen-bond acceptors (Lipinski definition) is 8. The van der Waals surface area contributed by atoms with Crippen molar-refractivity contribution in [2.24, 2.45) is 0 Å². The molecule has 4 aromatic rings. The standard InChI is InChI=1S/C30H30FN5O4/c1-35(2)13-5-8-27(37)36-14-15-39-29-24(36)11-10-23-28(29)30(33-19-32-23)34-22-9-12-25(26(17-22)38-3)40-18-20-6-4-7-21(31)16-20/h4-12,16-17,19H,13-15,18H2,1-3H3,(H,32,33,34)/b8-5+. The van der Waals surface area contributed by atoms with Gasteiger partial charge < -0.3 is 29.3 Å². The maximum Gasteiger partial charge on any atom is 0.250 e. The van der Waals surface area contributed by atoms with Crippen LogP contribution in [0.15, 0.2) is 73.1 Å². The van der Waals surface area contributed by atoms with Crippen molar-refractivity contribution in [2.75, 3.05) is 51.1 Å². The lowest BCUT2D eigenvalue weighted by atomic mass is 10.1. The van der Waals surface area contributed by atoms with E-state index in [4.69, 9.17) is 14.2 Å². The fourth-order valence-electron chi connectivity index (χ4n) is 4.40. The normalized spacial score (nSPS) is 12.9. The van der Waals surface area contributed by atoms with E-state index in [1.165, 1.54) is 18.5 Å². The number of ether oxygens (including phenoxy) is 3. The molecule has 10 heteroatoms. The molecule has 3 aromatic carbocycles. The molecule has 0 radical (unpaired) electrons. The van der Waals surface area contributed by atoms with Gasteiger partial charge in [0.15, 0.2) is 17.2 Å². The Bertz CT molecular complexity index is 1560. The van der Waals surface area contributed by atoms with Crippen LogP contribution in [0.4, 0.5) is 21.6 Å². The third kappa shape index (κ3) is 5.97. The predicted molar refractivity (Wildman–Crippen MR) is 152 cm³/mol. The van der Waals surface area contributed by atoms with Crippen LogP contribution >= 0.6 is 0 Å². The highest BCUT2D eigenvalue weighted by atomic mass is 19.1. The topological polar surface area (TPSA) is 89.0 Å². The fraction of sp³-hybridized carbons (Fsp3) is 0.233. The Kier molecular flexibility index (Phi) is 8.07. The van der Waals surface area contributed by atoms with Crippen LogP contribution in [0.1, 0.15) is 5.56 Å².